The molecule has 0 unspecified atom stereocenters. The Balaban J connectivity index is 2.35. The highest BCUT2D eigenvalue weighted by Gasteiger charge is 2.49. The second-order valence-electron chi connectivity index (χ2n) is 4.35. The number of halogens is 2. The van der Waals surface area contributed by atoms with Crippen molar-refractivity contribution in [3.05, 3.63) is 48.0 Å². The molecule has 0 amide bonds. The van der Waals surface area contributed by atoms with Crippen LogP contribution in [0.4, 0.5) is 8.78 Å². The van der Waals surface area contributed by atoms with Crippen molar-refractivity contribution in [2.45, 2.75) is 19.0 Å². The predicted octanol–water partition coefficient (Wildman–Crippen LogP) is 3.07. The number of benzene rings is 2. The van der Waals surface area contributed by atoms with Crippen molar-refractivity contribution in [2.75, 3.05) is 6.61 Å². The normalized spacial score (nSPS) is 13.2. The SMILES string of the molecule is CCOC(=O)C(F)(F)[C@@H](O)c1ccc2ccccc2c1. The summed E-state index contributed by atoms with van der Waals surface area (Å²) in [6.07, 6.45) is -2.23. The Morgan fingerprint density at radius 3 is 2.55 bits per heavy atom. The summed E-state index contributed by atoms with van der Waals surface area (Å²) in [7, 11) is 0. The van der Waals surface area contributed by atoms with Gasteiger partial charge in [-0.1, -0.05) is 36.4 Å². The Morgan fingerprint density at radius 1 is 1.25 bits per heavy atom. The largest absolute Gasteiger partial charge is 0.461 e. The maximum Gasteiger partial charge on any atom is 0.380 e. The Bertz CT molecular complexity index is 625. The smallest absolute Gasteiger partial charge is 0.380 e. The first-order chi connectivity index (χ1) is 9.46. The van der Waals surface area contributed by atoms with Gasteiger partial charge in [0.1, 0.15) is 0 Å². The molecule has 0 spiro atoms. The van der Waals surface area contributed by atoms with Crippen LogP contribution in [0.5, 0.6) is 0 Å². The minimum atomic E-state index is -3.97. The zero-order valence-electron chi connectivity index (χ0n) is 10.8. The second kappa shape index (κ2) is 5.54. The van der Waals surface area contributed by atoms with E-state index in [1.807, 2.05) is 12.1 Å². The summed E-state index contributed by atoms with van der Waals surface area (Å²) in [5, 5.41) is 11.3. The van der Waals surface area contributed by atoms with Gasteiger partial charge in [-0.15, -0.1) is 0 Å². The van der Waals surface area contributed by atoms with E-state index < -0.39 is 18.0 Å². The first kappa shape index (κ1) is 14.4. The fourth-order valence-electron chi connectivity index (χ4n) is 1.93. The van der Waals surface area contributed by atoms with E-state index in [0.29, 0.717) is 5.39 Å². The lowest BCUT2D eigenvalue weighted by atomic mass is 10.00. The predicted molar refractivity (Wildman–Crippen MR) is 70.5 cm³/mol. The molecule has 1 atom stereocenters. The van der Waals surface area contributed by atoms with Crippen LogP contribution in [0.2, 0.25) is 0 Å². The van der Waals surface area contributed by atoms with Gasteiger partial charge in [-0.3, -0.25) is 0 Å². The van der Waals surface area contributed by atoms with Gasteiger partial charge in [0.25, 0.3) is 0 Å². The number of carbonyl (C=O) groups excluding carboxylic acids is 1. The van der Waals surface area contributed by atoms with Crippen molar-refractivity contribution in [1.29, 1.82) is 0 Å². The number of hydrogen-bond donors (Lipinski definition) is 1. The third-order valence-electron chi connectivity index (χ3n) is 2.98. The summed E-state index contributed by atoms with van der Waals surface area (Å²) in [6.45, 7) is 1.26. The average Bonchev–Trinajstić information content (AvgIpc) is 2.46. The van der Waals surface area contributed by atoms with E-state index in [0.717, 1.165) is 5.39 Å². The Kier molecular flexibility index (Phi) is 3.99. The van der Waals surface area contributed by atoms with Crippen molar-refractivity contribution in [3.8, 4) is 0 Å². The summed E-state index contributed by atoms with van der Waals surface area (Å²) in [6, 6.07) is 11.6. The highest BCUT2D eigenvalue weighted by molar-refractivity contribution is 5.84. The van der Waals surface area contributed by atoms with Crippen molar-refractivity contribution in [2.24, 2.45) is 0 Å². The van der Waals surface area contributed by atoms with Crippen LogP contribution in [-0.2, 0) is 9.53 Å². The Morgan fingerprint density at radius 2 is 1.90 bits per heavy atom. The summed E-state index contributed by atoms with van der Waals surface area (Å²) < 4.78 is 31.8. The molecule has 0 saturated carbocycles. The lowest BCUT2D eigenvalue weighted by Gasteiger charge is -2.21. The van der Waals surface area contributed by atoms with Crippen LogP contribution >= 0.6 is 0 Å². The van der Waals surface area contributed by atoms with Gasteiger partial charge in [0.2, 0.25) is 0 Å². The van der Waals surface area contributed by atoms with Crippen LogP contribution in [0.1, 0.15) is 18.6 Å². The highest BCUT2D eigenvalue weighted by atomic mass is 19.3. The molecule has 0 aliphatic carbocycles. The van der Waals surface area contributed by atoms with Crippen molar-refractivity contribution in [3.63, 3.8) is 0 Å². The molecule has 0 saturated heterocycles. The van der Waals surface area contributed by atoms with E-state index in [-0.39, 0.29) is 12.2 Å². The van der Waals surface area contributed by atoms with Crippen LogP contribution in [0.3, 0.4) is 0 Å². The molecule has 0 radical (unpaired) electrons. The van der Waals surface area contributed by atoms with Crippen LogP contribution < -0.4 is 0 Å². The highest BCUT2D eigenvalue weighted by Crippen LogP contribution is 2.33. The summed E-state index contributed by atoms with van der Waals surface area (Å²) >= 11 is 0. The molecule has 0 aliphatic heterocycles. The molecule has 0 aliphatic rings. The summed E-state index contributed by atoms with van der Waals surface area (Å²) in [5.41, 5.74) is -0.0262. The monoisotopic (exact) mass is 280 g/mol. The minimum Gasteiger partial charge on any atom is -0.461 e. The third-order valence-corrected chi connectivity index (χ3v) is 2.98. The first-order valence-corrected chi connectivity index (χ1v) is 6.18. The van der Waals surface area contributed by atoms with Gasteiger partial charge in [-0.25, -0.2) is 4.79 Å². The van der Waals surface area contributed by atoms with Gasteiger partial charge in [-0.05, 0) is 29.3 Å². The zero-order chi connectivity index (χ0) is 14.8. The van der Waals surface area contributed by atoms with Crippen LogP contribution in [0.25, 0.3) is 10.8 Å². The molecule has 2 rings (SSSR count). The third kappa shape index (κ3) is 2.63. The zero-order valence-corrected chi connectivity index (χ0v) is 10.8. The van der Waals surface area contributed by atoms with Gasteiger partial charge in [0, 0.05) is 0 Å². The van der Waals surface area contributed by atoms with E-state index in [9.17, 15) is 18.7 Å². The number of rotatable bonds is 4. The molecule has 5 heteroatoms. The molecule has 1 N–H and O–H groups in total. The lowest BCUT2D eigenvalue weighted by molar-refractivity contribution is -0.189. The molecule has 0 fully saturated rings. The number of aliphatic hydroxyl groups excluding tert-OH is 1. The van der Waals surface area contributed by atoms with E-state index in [4.69, 9.17) is 0 Å². The molecular formula is C15H14F2O3. The number of hydrogen-bond acceptors (Lipinski definition) is 3. The molecule has 3 nitrogen and oxygen atoms in total. The van der Waals surface area contributed by atoms with Crippen molar-refractivity contribution < 1.29 is 23.4 Å². The number of carbonyl (C=O) groups is 1. The van der Waals surface area contributed by atoms with Crippen LogP contribution in [-0.4, -0.2) is 23.6 Å². The van der Waals surface area contributed by atoms with E-state index in [1.54, 1.807) is 18.2 Å². The van der Waals surface area contributed by atoms with E-state index in [2.05, 4.69) is 4.74 Å². The quantitative estimate of drug-likeness (QED) is 0.875. The molecular weight excluding hydrogens is 266 g/mol. The van der Waals surface area contributed by atoms with Crippen molar-refractivity contribution >= 4 is 16.7 Å². The molecule has 20 heavy (non-hydrogen) atoms. The number of fused-ring (bicyclic) bond motifs is 1. The summed E-state index contributed by atoms with van der Waals surface area (Å²) in [5.74, 6) is -5.70. The van der Waals surface area contributed by atoms with E-state index in [1.165, 1.54) is 19.1 Å². The lowest BCUT2D eigenvalue weighted by Crippen LogP contribution is -2.37. The van der Waals surface area contributed by atoms with Crippen LogP contribution in [0.15, 0.2) is 42.5 Å². The number of ether oxygens (including phenoxy) is 1. The minimum absolute atomic E-state index is 0.0262. The fourth-order valence-corrected chi connectivity index (χ4v) is 1.93. The van der Waals surface area contributed by atoms with Gasteiger partial charge in [0.05, 0.1) is 6.61 Å². The Hall–Kier alpha value is -2.01. The standard InChI is InChI=1S/C15H14F2O3/c1-2-20-14(19)15(16,17)13(18)12-8-7-10-5-3-4-6-11(10)9-12/h3-9,13,18H,2H2,1H3/t13-/m0/s1. The average molecular weight is 280 g/mol. The maximum absolute atomic E-state index is 13.8. The van der Waals surface area contributed by atoms with Gasteiger partial charge >= 0.3 is 11.9 Å². The number of alkyl halides is 2. The fraction of sp³-hybridized carbons (Fsp3) is 0.267. The van der Waals surface area contributed by atoms with Crippen LogP contribution in [0, 0.1) is 0 Å². The second-order valence-corrected chi connectivity index (χ2v) is 4.35. The number of aliphatic hydroxyl groups is 1. The van der Waals surface area contributed by atoms with E-state index >= 15 is 0 Å². The maximum atomic E-state index is 13.8. The molecule has 2 aromatic carbocycles. The molecule has 0 bridgehead atoms. The molecule has 2 aromatic rings. The van der Waals surface area contributed by atoms with Crippen molar-refractivity contribution in [1.82, 2.24) is 0 Å². The molecule has 106 valence electrons. The number of esters is 1. The van der Waals surface area contributed by atoms with Gasteiger partial charge < -0.3 is 9.84 Å². The summed E-state index contributed by atoms with van der Waals surface area (Å²) in [4.78, 5) is 11.2. The first-order valence-electron chi connectivity index (χ1n) is 6.18. The van der Waals surface area contributed by atoms with Gasteiger partial charge in [0.15, 0.2) is 6.10 Å². The Labute approximate surface area is 114 Å². The molecule has 0 heterocycles. The topological polar surface area (TPSA) is 46.5 Å². The van der Waals surface area contributed by atoms with Gasteiger partial charge in [-0.2, -0.15) is 8.78 Å². The molecule has 0 aromatic heterocycles.